The Bertz CT molecular complexity index is 479. The van der Waals surface area contributed by atoms with Crippen LogP contribution in [0.1, 0.15) is 40.0 Å². The van der Waals surface area contributed by atoms with E-state index < -0.39 is 11.6 Å². The quantitative estimate of drug-likeness (QED) is 0.449. The first-order chi connectivity index (χ1) is 9.68. The molecule has 0 saturated heterocycles. The van der Waals surface area contributed by atoms with Gasteiger partial charge < -0.3 is 14.9 Å². The van der Waals surface area contributed by atoms with Gasteiger partial charge in [0.05, 0.1) is 24.4 Å². The number of hydrogen-bond acceptors (Lipinski definition) is 3. The Labute approximate surface area is 126 Å². The first-order valence-corrected chi connectivity index (χ1v) is 7.54. The van der Waals surface area contributed by atoms with Crippen molar-refractivity contribution in [3.05, 3.63) is 24.3 Å². The van der Waals surface area contributed by atoms with Crippen LogP contribution in [0.3, 0.4) is 0 Å². The topological polar surface area (TPSA) is 66.8 Å². The normalized spacial score (nSPS) is 37.7. The zero-order chi connectivity index (χ0) is 15.9. The first kappa shape index (κ1) is 16.2. The molecule has 0 unspecified atom stereocenters. The molecule has 4 heteroatoms. The van der Waals surface area contributed by atoms with E-state index in [2.05, 4.69) is 27.4 Å². The summed E-state index contributed by atoms with van der Waals surface area (Å²) in [5.41, 5.74) is -1.21. The monoisotopic (exact) mass is 294 g/mol. The molecule has 21 heavy (non-hydrogen) atoms. The van der Waals surface area contributed by atoms with E-state index in [1.54, 1.807) is 12.2 Å². The molecule has 0 aliphatic heterocycles. The number of aliphatic hydroxyl groups is 1. The van der Waals surface area contributed by atoms with Gasteiger partial charge in [-0.2, -0.15) is 0 Å². The van der Waals surface area contributed by atoms with Crippen molar-refractivity contribution in [3.63, 3.8) is 0 Å². The molecule has 2 fully saturated rings. The Morgan fingerprint density at radius 3 is 2.52 bits per heavy atom. The second-order valence-corrected chi connectivity index (χ2v) is 7.20. The molecule has 2 rings (SSSR count). The van der Waals surface area contributed by atoms with Gasteiger partial charge in [0.1, 0.15) is 0 Å². The number of carboxylic acids is 1. The average Bonchev–Trinajstić information content (AvgIpc) is 2.69. The zero-order valence-corrected chi connectivity index (χ0v) is 13.2. The van der Waals surface area contributed by atoms with Gasteiger partial charge in [0, 0.05) is 5.41 Å². The van der Waals surface area contributed by atoms with E-state index in [-0.39, 0.29) is 23.0 Å². The predicted molar refractivity (Wildman–Crippen MR) is 80.9 cm³/mol. The van der Waals surface area contributed by atoms with Crippen LogP contribution in [-0.4, -0.2) is 35.0 Å². The molecular formula is C17H26O4. The molecule has 0 aromatic carbocycles. The highest BCUT2D eigenvalue weighted by molar-refractivity contribution is 5.87. The number of ether oxygens (including phenoxy) is 1. The van der Waals surface area contributed by atoms with Crippen LogP contribution in [0, 0.1) is 16.7 Å². The summed E-state index contributed by atoms with van der Waals surface area (Å²) in [5.74, 6) is -0.593. The lowest BCUT2D eigenvalue weighted by Gasteiger charge is -2.44. The van der Waals surface area contributed by atoms with Gasteiger partial charge in [-0.3, -0.25) is 0 Å². The summed E-state index contributed by atoms with van der Waals surface area (Å²) in [6, 6.07) is 0. The summed E-state index contributed by atoms with van der Waals surface area (Å²) in [6.07, 6.45) is 5.79. The maximum absolute atomic E-state index is 11.4. The molecule has 0 amide bonds. The van der Waals surface area contributed by atoms with Crippen LogP contribution < -0.4 is 0 Å². The van der Waals surface area contributed by atoms with Crippen molar-refractivity contribution in [3.8, 4) is 0 Å². The van der Waals surface area contributed by atoms with Crippen LogP contribution in [0.2, 0.25) is 0 Å². The summed E-state index contributed by atoms with van der Waals surface area (Å²) in [5, 5.41) is 20.5. The maximum Gasteiger partial charge on any atom is 0.333 e. The molecule has 0 spiro atoms. The molecule has 0 radical (unpaired) electrons. The third kappa shape index (κ3) is 2.34. The molecule has 2 aliphatic carbocycles. The van der Waals surface area contributed by atoms with Crippen LogP contribution in [-0.2, 0) is 9.53 Å². The van der Waals surface area contributed by atoms with Crippen molar-refractivity contribution in [2.45, 2.75) is 45.6 Å². The number of fused-ring (bicyclic) bond motifs is 2. The van der Waals surface area contributed by atoms with E-state index >= 15 is 0 Å². The Balaban J connectivity index is 2.29. The van der Waals surface area contributed by atoms with Crippen LogP contribution in [0.5, 0.6) is 0 Å². The minimum Gasteiger partial charge on any atom is -0.478 e. The highest BCUT2D eigenvalue weighted by Gasteiger charge is 2.67. The SMILES string of the molecule is C=CCOC/C(=C\[C@]1(O)C[C@H]2CC[C@]1(C)C2(C)C)C(=O)O. The van der Waals surface area contributed by atoms with Crippen molar-refractivity contribution in [1.82, 2.24) is 0 Å². The van der Waals surface area contributed by atoms with Gasteiger partial charge in [0.15, 0.2) is 0 Å². The third-order valence-corrected chi connectivity index (χ3v) is 6.13. The molecule has 0 aromatic rings. The van der Waals surface area contributed by atoms with Crippen molar-refractivity contribution < 1.29 is 19.7 Å². The third-order valence-electron chi connectivity index (χ3n) is 6.13. The molecule has 2 saturated carbocycles. The number of carboxylic acid groups (broad SMARTS) is 1. The van der Waals surface area contributed by atoms with Crippen molar-refractivity contribution >= 4 is 5.97 Å². The fourth-order valence-corrected chi connectivity index (χ4v) is 4.25. The van der Waals surface area contributed by atoms with Crippen molar-refractivity contribution in [2.75, 3.05) is 13.2 Å². The summed E-state index contributed by atoms with van der Waals surface area (Å²) in [7, 11) is 0. The largest absolute Gasteiger partial charge is 0.478 e. The summed E-state index contributed by atoms with van der Waals surface area (Å²) >= 11 is 0. The minimum absolute atomic E-state index is 0.00909. The van der Waals surface area contributed by atoms with Gasteiger partial charge in [-0.05, 0) is 36.7 Å². The molecule has 2 aliphatic rings. The van der Waals surface area contributed by atoms with E-state index in [1.807, 2.05) is 0 Å². The van der Waals surface area contributed by atoms with Gasteiger partial charge in [-0.25, -0.2) is 4.79 Å². The van der Waals surface area contributed by atoms with E-state index in [1.165, 1.54) is 0 Å². The lowest BCUT2D eigenvalue weighted by Crippen LogP contribution is -2.46. The minimum atomic E-state index is -1.06. The Kier molecular flexibility index (Phi) is 4.06. The first-order valence-electron chi connectivity index (χ1n) is 7.54. The zero-order valence-electron chi connectivity index (χ0n) is 13.2. The standard InChI is InChI=1S/C17H26O4/c1-5-8-21-11-12(14(18)19)9-17(20)10-13-6-7-16(17,4)15(13,2)3/h5,9,13,20H,1,6-8,10-11H2,2-4H3,(H,18,19)/b12-9+/t13-,16-,17+/m1/s1. The molecule has 118 valence electrons. The molecule has 2 N–H and O–H groups in total. The van der Waals surface area contributed by atoms with E-state index in [0.717, 1.165) is 12.8 Å². The van der Waals surface area contributed by atoms with Gasteiger partial charge in [0.25, 0.3) is 0 Å². The molecule has 3 atom stereocenters. The molecule has 0 heterocycles. The lowest BCUT2D eigenvalue weighted by molar-refractivity contribution is -0.133. The van der Waals surface area contributed by atoms with Crippen LogP contribution >= 0.6 is 0 Å². The maximum atomic E-state index is 11.4. The number of rotatable bonds is 6. The Morgan fingerprint density at radius 2 is 2.10 bits per heavy atom. The number of aliphatic carboxylic acids is 1. The fourth-order valence-electron chi connectivity index (χ4n) is 4.25. The molecular weight excluding hydrogens is 268 g/mol. The molecule has 4 nitrogen and oxygen atoms in total. The number of hydrogen-bond donors (Lipinski definition) is 2. The van der Waals surface area contributed by atoms with Crippen molar-refractivity contribution in [2.24, 2.45) is 16.7 Å². The van der Waals surface area contributed by atoms with Crippen LogP contribution in [0.15, 0.2) is 24.3 Å². The van der Waals surface area contributed by atoms with Crippen molar-refractivity contribution in [1.29, 1.82) is 0 Å². The second-order valence-electron chi connectivity index (χ2n) is 7.20. The Morgan fingerprint density at radius 1 is 1.43 bits per heavy atom. The highest BCUT2D eigenvalue weighted by atomic mass is 16.5. The van der Waals surface area contributed by atoms with Gasteiger partial charge in [0.2, 0.25) is 0 Å². The van der Waals surface area contributed by atoms with Crippen LogP contribution in [0.25, 0.3) is 0 Å². The van der Waals surface area contributed by atoms with E-state index in [4.69, 9.17) is 4.74 Å². The average molecular weight is 294 g/mol. The summed E-state index contributed by atoms with van der Waals surface area (Å²) in [6.45, 7) is 10.3. The second kappa shape index (κ2) is 5.25. The van der Waals surface area contributed by atoms with Crippen LogP contribution in [0.4, 0.5) is 0 Å². The predicted octanol–water partition coefficient (Wildman–Crippen LogP) is 2.78. The van der Waals surface area contributed by atoms with Gasteiger partial charge >= 0.3 is 5.97 Å². The highest BCUT2D eigenvalue weighted by Crippen LogP contribution is 2.70. The van der Waals surface area contributed by atoms with Gasteiger partial charge in [-0.15, -0.1) is 6.58 Å². The Hall–Kier alpha value is -1.13. The van der Waals surface area contributed by atoms with Gasteiger partial charge in [-0.1, -0.05) is 26.8 Å². The summed E-state index contributed by atoms with van der Waals surface area (Å²) in [4.78, 5) is 11.4. The fraction of sp³-hybridized carbons (Fsp3) is 0.706. The smallest absolute Gasteiger partial charge is 0.333 e. The molecule has 0 aromatic heterocycles. The lowest BCUT2D eigenvalue weighted by atomic mass is 9.64. The van der Waals surface area contributed by atoms with E-state index in [9.17, 15) is 15.0 Å². The van der Waals surface area contributed by atoms with E-state index in [0.29, 0.717) is 18.9 Å². The summed E-state index contributed by atoms with van der Waals surface area (Å²) < 4.78 is 5.25. The number of carbonyl (C=O) groups is 1. The molecule has 2 bridgehead atoms.